The SMILES string of the molecule is CCc1cccc(F)c1C1(C)CCN(c2nc3c(c(=O)[nH]2)CCCN3C)CC1. The minimum Gasteiger partial charge on any atom is -0.359 e. The summed E-state index contributed by atoms with van der Waals surface area (Å²) in [5.74, 6) is 1.35. The predicted molar refractivity (Wildman–Crippen MR) is 111 cm³/mol. The van der Waals surface area contributed by atoms with Gasteiger partial charge in [-0.25, -0.2) is 4.39 Å². The molecule has 1 fully saturated rings. The van der Waals surface area contributed by atoms with Gasteiger partial charge in [-0.2, -0.15) is 4.98 Å². The Morgan fingerprint density at radius 2 is 2.00 bits per heavy atom. The first kappa shape index (κ1) is 19.0. The van der Waals surface area contributed by atoms with Gasteiger partial charge in [0.05, 0.1) is 5.56 Å². The van der Waals surface area contributed by atoms with Crippen LogP contribution < -0.4 is 15.4 Å². The van der Waals surface area contributed by atoms with Crippen LogP contribution in [0.25, 0.3) is 0 Å². The number of fused-ring (bicyclic) bond motifs is 1. The van der Waals surface area contributed by atoms with E-state index in [4.69, 9.17) is 4.98 Å². The molecule has 6 heteroatoms. The molecule has 0 unspecified atom stereocenters. The van der Waals surface area contributed by atoms with Gasteiger partial charge in [0.15, 0.2) is 0 Å². The van der Waals surface area contributed by atoms with Crippen molar-refractivity contribution in [1.29, 1.82) is 0 Å². The maximum Gasteiger partial charge on any atom is 0.257 e. The third-order valence-electron chi connectivity index (χ3n) is 6.51. The van der Waals surface area contributed by atoms with Crippen molar-refractivity contribution in [3.63, 3.8) is 0 Å². The van der Waals surface area contributed by atoms with Gasteiger partial charge in [0.25, 0.3) is 5.56 Å². The fourth-order valence-corrected chi connectivity index (χ4v) is 4.77. The second kappa shape index (κ2) is 7.22. The van der Waals surface area contributed by atoms with E-state index in [0.717, 1.165) is 74.2 Å². The predicted octanol–water partition coefficient (Wildman–Crippen LogP) is 3.41. The molecule has 4 rings (SSSR count). The topological polar surface area (TPSA) is 52.2 Å². The summed E-state index contributed by atoms with van der Waals surface area (Å²) in [5.41, 5.74) is 2.53. The highest BCUT2D eigenvalue weighted by atomic mass is 19.1. The highest BCUT2D eigenvalue weighted by molar-refractivity contribution is 5.51. The average molecular weight is 384 g/mol. The molecule has 150 valence electrons. The Balaban J connectivity index is 1.59. The third-order valence-corrected chi connectivity index (χ3v) is 6.51. The molecule has 0 amide bonds. The van der Waals surface area contributed by atoms with Crippen molar-refractivity contribution in [3.8, 4) is 0 Å². The molecule has 0 saturated carbocycles. The van der Waals surface area contributed by atoms with E-state index >= 15 is 0 Å². The zero-order valence-electron chi connectivity index (χ0n) is 17.0. The van der Waals surface area contributed by atoms with Crippen LogP contribution >= 0.6 is 0 Å². The summed E-state index contributed by atoms with van der Waals surface area (Å²) in [4.78, 5) is 24.5. The molecular formula is C22H29FN4O. The highest BCUT2D eigenvalue weighted by Gasteiger charge is 2.36. The summed E-state index contributed by atoms with van der Waals surface area (Å²) in [6.45, 7) is 6.67. The number of nitrogens with one attached hydrogen (secondary N) is 1. The molecule has 1 aromatic heterocycles. The normalized spacial score (nSPS) is 18.9. The Kier molecular flexibility index (Phi) is 4.89. The summed E-state index contributed by atoms with van der Waals surface area (Å²) in [6.07, 6.45) is 4.26. The van der Waals surface area contributed by atoms with Crippen molar-refractivity contribution >= 4 is 11.8 Å². The van der Waals surface area contributed by atoms with Crippen molar-refractivity contribution in [2.24, 2.45) is 0 Å². The number of aromatic amines is 1. The maximum atomic E-state index is 14.7. The summed E-state index contributed by atoms with van der Waals surface area (Å²) < 4.78 is 14.7. The molecule has 0 spiro atoms. The molecule has 1 aromatic carbocycles. The molecule has 2 aliphatic heterocycles. The van der Waals surface area contributed by atoms with E-state index in [9.17, 15) is 9.18 Å². The Morgan fingerprint density at radius 1 is 1.25 bits per heavy atom. The molecule has 1 N–H and O–H groups in total. The van der Waals surface area contributed by atoms with E-state index in [1.165, 1.54) is 0 Å². The van der Waals surface area contributed by atoms with E-state index < -0.39 is 0 Å². The van der Waals surface area contributed by atoms with Gasteiger partial charge in [0.2, 0.25) is 5.95 Å². The Bertz CT molecular complexity index is 931. The monoisotopic (exact) mass is 384 g/mol. The standard InChI is InChI=1S/C22H29FN4O/c1-4-15-7-5-9-17(23)18(15)22(2)10-13-27(14-11-22)21-24-19-16(20(28)25-21)8-6-12-26(19)3/h5,7,9H,4,6,8,10-14H2,1-3H3,(H,24,25,28). The van der Waals surface area contributed by atoms with E-state index in [-0.39, 0.29) is 16.8 Å². The minimum absolute atomic E-state index is 0.0257. The zero-order valence-corrected chi connectivity index (χ0v) is 17.0. The molecule has 0 radical (unpaired) electrons. The first-order valence-electron chi connectivity index (χ1n) is 10.3. The summed E-state index contributed by atoms with van der Waals surface area (Å²) >= 11 is 0. The summed E-state index contributed by atoms with van der Waals surface area (Å²) in [5, 5.41) is 0. The lowest BCUT2D eigenvalue weighted by Crippen LogP contribution is -2.43. The maximum absolute atomic E-state index is 14.7. The number of aromatic nitrogens is 2. The van der Waals surface area contributed by atoms with Gasteiger partial charge in [0, 0.05) is 26.7 Å². The average Bonchev–Trinajstić information content (AvgIpc) is 2.69. The number of nitrogens with zero attached hydrogens (tertiary/aromatic N) is 3. The van der Waals surface area contributed by atoms with E-state index in [1.54, 1.807) is 12.1 Å². The van der Waals surface area contributed by atoms with Crippen molar-refractivity contribution in [1.82, 2.24) is 9.97 Å². The van der Waals surface area contributed by atoms with Gasteiger partial charge in [-0.05, 0) is 54.7 Å². The fraction of sp³-hybridized carbons (Fsp3) is 0.545. The van der Waals surface area contributed by atoms with Gasteiger partial charge in [-0.1, -0.05) is 26.0 Å². The lowest BCUT2D eigenvalue weighted by atomic mass is 9.72. The van der Waals surface area contributed by atoms with Gasteiger partial charge in [-0.15, -0.1) is 0 Å². The van der Waals surface area contributed by atoms with Gasteiger partial charge >= 0.3 is 0 Å². The lowest BCUT2D eigenvalue weighted by Gasteiger charge is -2.41. The van der Waals surface area contributed by atoms with Crippen LogP contribution in [0.15, 0.2) is 23.0 Å². The largest absolute Gasteiger partial charge is 0.359 e. The Morgan fingerprint density at radius 3 is 2.71 bits per heavy atom. The number of piperidine rings is 1. The summed E-state index contributed by atoms with van der Waals surface area (Å²) in [6, 6.07) is 5.41. The molecule has 28 heavy (non-hydrogen) atoms. The first-order valence-corrected chi connectivity index (χ1v) is 10.3. The molecule has 2 aliphatic rings. The number of rotatable bonds is 3. The van der Waals surface area contributed by atoms with Gasteiger partial charge in [0.1, 0.15) is 11.6 Å². The minimum atomic E-state index is -0.196. The van der Waals surface area contributed by atoms with E-state index in [0.29, 0.717) is 5.95 Å². The zero-order chi connectivity index (χ0) is 19.9. The quantitative estimate of drug-likeness (QED) is 0.881. The number of hydrogen-bond acceptors (Lipinski definition) is 4. The molecular weight excluding hydrogens is 355 g/mol. The number of hydrogen-bond donors (Lipinski definition) is 1. The number of anilines is 2. The molecule has 0 bridgehead atoms. The first-order chi connectivity index (χ1) is 13.4. The van der Waals surface area contributed by atoms with Crippen LogP contribution in [0.5, 0.6) is 0 Å². The molecule has 3 heterocycles. The fourth-order valence-electron chi connectivity index (χ4n) is 4.77. The molecule has 5 nitrogen and oxygen atoms in total. The van der Waals surface area contributed by atoms with Gasteiger partial charge in [-0.3, -0.25) is 9.78 Å². The van der Waals surface area contributed by atoms with E-state index in [1.807, 2.05) is 13.1 Å². The van der Waals surface area contributed by atoms with Crippen LogP contribution in [-0.2, 0) is 18.3 Å². The van der Waals surface area contributed by atoms with Crippen LogP contribution in [-0.4, -0.2) is 36.6 Å². The van der Waals surface area contributed by atoms with Crippen molar-refractivity contribution < 1.29 is 4.39 Å². The second-order valence-electron chi connectivity index (χ2n) is 8.39. The van der Waals surface area contributed by atoms with Crippen LogP contribution in [0.1, 0.15) is 49.8 Å². The van der Waals surface area contributed by atoms with Crippen LogP contribution in [0, 0.1) is 5.82 Å². The number of halogens is 1. The van der Waals surface area contributed by atoms with Crippen molar-refractivity contribution in [2.45, 2.75) is 51.4 Å². The molecule has 0 aliphatic carbocycles. The summed E-state index contributed by atoms with van der Waals surface area (Å²) in [7, 11) is 1.99. The van der Waals surface area contributed by atoms with Crippen LogP contribution in [0.2, 0.25) is 0 Å². The number of aryl methyl sites for hydroxylation is 1. The number of benzene rings is 1. The smallest absolute Gasteiger partial charge is 0.257 e. The highest BCUT2D eigenvalue weighted by Crippen LogP contribution is 2.39. The number of H-pyrrole nitrogens is 1. The van der Waals surface area contributed by atoms with E-state index in [2.05, 4.69) is 28.6 Å². The Labute approximate surface area is 165 Å². The van der Waals surface area contributed by atoms with Gasteiger partial charge < -0.3 is 9.80 Å². The molecule has 0 atom stereocenters. The second-order valence-corrected chi connectivity index (χ2v) is 8.39. The van der Waals surface area contributed by atoms with Crippen molar-refractivity contribution in [2.75, 3.05) is 36.5 Å². The van der Waals surface area contributed by atoms with Crippen LogP contribution in [0.3, 0.4) is 0 Å². The third kappa shape index (κ3) is 3.19. The molecule has 2 aromatic rings. The lowest BCUT2D eigenvalue weighted by molar-refractivity contribution is 0.344. The van der Waals surface area contributed by atoms with Crippen LogP contribution in [0.4, 0.5) is 16.2 Å². The Hall–Kier alpha value is -2.37. The molecule has 1 saturated heterocycles. The van der Waals surface area contributed by atoms with Crippen molar-refractivity contribution in [3.05, 3.63) is 51.1 Å².